The molecule has 0 radical (unpaired) electrons. The van der Waals surface area contributed by atoms with E-state index in [4.69, 9.17) is 0 Å². The van der Waals surface area contributed by atoms with Crippen molar-refractivity contribution in [2.45, 2.75) is 19.1 Å². The summed E-state index contributed by atoms with van der Waals surface area (Å²) < 4.78 is 38.5. The lowest BCUT2D eigenvalue weighted by Crippen LogP contribution is -2.36. The highest BCUT2D eigenvalue weighted by molar-refractivity contribution is 5.92. The first-order chi connectivity index (χ1) is 8.87. The third kappa shape index (κ3) is 3.46. The number of rotatable bonds is 2. The lowest BCUT2D eigenvalue weighted by atomic mass is 10.4. The normalized spacial score (nSPS) is 15.8. The lowest BCUT2D eigenvalue weighted by Gasteiger charge is -2.17. The molecular formula is C11H15F3N4O. The van der Waals surface area contributed by atoms with Crippen LogP contribution in [0.1, 0.15) is 16.3 Å². The van der Waals surface area contributed by atoms with Crippen LogP contribution in [0.4, 0.5) is 13.2 Å². The number of hydrogen-bond donors (Lipinski definition) is 1. The third-order valence-electron chi connectivity index (χ3n) is 2.90. The summed E-state index contributed by atoms with van der Waals surface area (Å²) in [6, 6.07) is 0. The van der Waals surface area contributed by atoms with E-state index in [0.717, 1.165) is 26.0 Å². The second-order valence-corrected chi connectivity index (χ2v) is 4.51. The van der Waals surface area contributed by atoms with Crippen LogP contribution in [0.15, 0.2) is 6.20 Å². The zero-order valence-corrected chi connectivity index (χ0v) is 10.5. The summed E-state index contributed by atoms with van der Waals surface area (Å²) in [4.78, 5) is 16.6. The molecule has 19 heavy (non-hydrogen) atoms. The summed E-state index contributed by atoms with van der Waals surface area (Å²) in [7, 11) is 1.13. The summed E-state index contributed by atoms with van der Waals surface area (Å²) in [6.07, 6.45) is -2.21. The minimum atomic E-state index is -4.40. The SMILES string of the molecule is CN(CC(F)(F)F)C(=O)c1cn2c(n1)CCNCC2. The van der Waals surface area contributed by atoms with E-state index in [1.54, 1.807) is 0 Å². The van der Waals surface area contributed by atoms with Gasteiger partial charge in [-0.25, -0.2) is 4.98 Å². The summed E-state index contributed by atoms with van der Waals surface area (Å²) in [5.41, 5.74) is 0.0728. The molecule has 0 saturated heterocycles. The fourth-order valence-corrected chi connectivity index (χ4v) is 2.01. The van der Waals surface area contributed by atoms with Gasteiger partial charge in [0.15, 0.2) is 0 Å². The Balaban J connectivity index is 2.11. The Kier molecular flexibility index (Phi) is 3.79. The van der Waals surface area contributed by atoms with Gasteiger partial charge in [-0.05, 0) is 0 Å². The number of nitrogens with zero attached hydrogens (tertiary/aromatic N) is 3. The summed E-state index contributed by atoms with van der Waals surface area (Å²) in [5.74, 6) is 0.0274. The van der Waals surface area contributed by atoms with Gasteiger partial charge in [0.25, 0.3) is 5.91 Å². The van der Waals surface area contributed by atoms with E-state index in [1.807, 2.05) is 4.57 Å². The van der Waals surface area contributed by atoms with E-state index < -0.39 is 18.6 Å². The molecule has 0 aliphatic carbocycles. The van der Waals surface area contributed by atoms with E-state index in [9.17, 15) is 18.0 Å². The van der Waals surface area contributed by atoms with Gasteiger partial charge in [-0.1, -0.05) is 0 Å². The van der Waals surface area contributed by atoms with E-state index in [1.165, 1.54) is 6.20 Å². The zero-order valence-electron chi connectivity index (χ0n) is 10.5. The molecule has 106 valence electrons. The molecule has 0 saturated carbocycles. The number of nitrogens with one attached hydrogen (secondary N) is 1. The average Bonchev–Trinajstić information content (AvgIpc) is 2.57. The maximum atomic E-state index is 12.2. The molecule has 0 aromatic carbocycles. The van der Waals surface area contributed by atoms with Gasteiger partial charge in [-0.2, -0.15) is 13.2 Å². The Morgan fingerprint density at radius 1 is 1.53 bits per heavy atom. The zero-order chi connectivity index (χ0) is 14.0. The smallest absolute Gasteiger partial charge is 0.333 e. The van der Waals surface area contributed by atoms with Crippen LogP contribution in [-0.2, 0) is 13.0 Å². The quantitative estimate of drug-likeness (QED) is 0.863. The molecule has 1 N–H and O–H groups in total. The molecule has 1 aromatic heterocycles. The predicted molar refractivity (Wildman–Crippen MR) is 61.8 cm³/mol. The Morgan fingerprint density at radius 2 is 2.26 bits per heavy atom. The molecule has 0 spiro atoms. The summed E-state index contributed by atoms with van der Waals surface area (Å²) in [5, 5.41) is 3.18. The minimum Gasteiger partial charge on any atom is -0.333 e. The van der Waals surface area contributed by atoms with Gasteiger partial charge < -0.3 is 14.8 Å². The minimum absolute atomic E-state index is 0.0728. The van der Waals surface area contributed by atoms with Crippen molar-refractivity contribution in [2.75, 3.05) is 26.7 Å². The molecule has 1 aliphatic rings. The van der Waals surface area contributed by atoms with Gasteiger partial charge in [0.05, 0.1) is 0 Å². The molecule has 0 bridgehead atoms. The van der Waals surface area contributed by atoms with Crippen LogP contribution in [0.3, 0.4) is 0 Å². The van der Waals surface area contributed by atoms with Crippen molar-refractivity contribution in [1.29, 1.82) is 0 Å². The standard InChI is InChI=1S/C11H15F3N4O/c1-17(7-11(12,13)14)10(19)8-6-18-5-4-15-3-2-9(18)16-8/h6,15H,2-5,7H2,1H3. The highest BCUT2D eigenvalue weighted by Gasteiger charge is 2.32. The molecule has 0 fully saturated rings. The Labute approximate surface area is 108 Å². The van der Waals surface area contributed by atoms with Gasteiger partial charge in [0.1, 0.15) is 18.1 Å². The van der Waals surface area contributed by atoms with E-state index in [0.29, 0.717) is 17.9 Å². The molecule has 5 nitrogen and oxygen atoms in total. The van der Waals surface area contributed by atoms with Crippen molar-refractivity contribution in [2.24, 2.45) is 0 Å². The first-order valence-electron chi connectivity index (χ1n) is 5.96. The van der Waals surface area contributed by atoms with Crippen molar-refractivity contribution in [3.63, 3.8) is 0 Å². The number of carbonyl (C=O) groups is 1. The van der Waals surface area contributed by atoms with Crippen LogP contribution < -0.4 is 5.32 Å². The topological polar surface area (TPSA) is 50.2 Å². The highest BCUT2D eigenvalue weighted by Crippen LogP contribution is 2.17. The molecule has 2 heterocycles. The number of aromatic nitrogens is 2. The monoisotopic (exact) mass is 276 g/mol. The fraction of sp³-hybridized carbons (Fsp3) is 0.636. The van der Waals surface area contributed by atoms with Crippen molar-refractivity contribution in [1.82, 2.24) is 19.8 Å². The average molecular weight is 276 g/mol. The molecule has 1 aliphatic heterocycles. The van der Waals surface area contributed by atoms with E-state index in [2.05, 4.69) is 10.3 Å². The van der Waals surface area contributed by atoms with Gasteiger partial charge in [0, 0.05) is 39.3 Å². The molecule has 1 aromatic rings. The van der Waals surface area contributed by atoms with E-state index in [-0.39, 0.29) is 5.69 Å². The Morgan fingerprint density at radius 3 is 2.95 bits per heavy atom. The van der Waals surface area contributed by atoms with Crippen LogP contribution in [0.25, 0.3) is 0 Å². The van der Waals surface area contributed by atoms with Crippen molar-refractivity contribution >= 4 is 5.91 Å². The second kappa shape index (κ2) is 5.20. The first kappa shape index (κ1) is 13.9. The van der Waals surface area contributed by atoms with Gasteiger partial charge in [-0.15, -0.1) is 0 Å². The number of imidazole rings is 1. The van der Waals surface area contributed by atoms with Crippen LogP contribution in [0, 0.1) is 0 Å². The van der Waals surface area contributed by atoms with Crippen LogP contribution in [-0.4, -0.2) is 53.2 Å². The Hall–Kier alpha value is -1.57. The van der Waals surface area contributed by atoms with Gasteiger partial charge in [-0.3, -0.25) is 4.79 Å². The number of halogens is 3. The molecule has 0 unspecified atom stereocenters. The van der Waals surface area contributed by atoms with Crippen molar-refractivity contribution in [3.05, 3.63) is 17.7 Å². The molecular weight excluding hydrogens is 261 g/mol. The van der Waals surface area contributed by atoms with Crippen LogP contribution in [0.2, 0.25) is 0 Å². The maximum absolute atomic E-state index is 12.2. The fourth-order valence-electron chi connectivity index (χ4n) is 2.01. The number of fused-ring (bicyclic) bond motifs is 1. The lowest BCUT2D eigenvalue weighted by molar-refractivity contribution is -0.138. The van der Waals surface area contributed by atoms with Crippen molar-refractivity contribution < 1.29 is 18.0 Å². The Bertz CT molecular complexity index is 445. The highest BCUT2D eigenvalue weighted by atomic mass is 19.4. The molecule has 2 rings (SSSR count). The van der Waals surface area contributed by atoms with Crippen LogP contribution >= 0.6 is 0 Å². The predicted octanol–water partition coefficient (Wildman–Crippen LogP) is 0.663. The van der Waals surface area contributed by atoms with Crippen molar-refractivity contribution in [3.8, 4) is 0 Å². The van der Waals surface area contributed by atoms with Gasteiger partial charge >= 0.3 is 6.18 Å². The number of alkyl halides is 3. The number of amides is 1. The molecule has 1 amide bonds. The first-order valence-corrected chi connectivity index (χ1v) is 5.96. The summed E-state index contributed by atoms with van der Waals surface area (Å²) >= 11 is 0. The maximum Gasteiger partial charge on any atom is 0.406 e. The van der Waals surface area contributed by atoms with Gasteiger partial charge in [0.2, 0.25) is 0 Å². The molecule has 8 heteroatoms. The molecule has 0 atom stereocenters. The number of carbonyl (C=O) groups excluding carboxylic acids is 1. The second-order valence-electron chi connectivity index (χ2n) is 4.51. The van der Waals surface area contributed by atoms with E-state index >= 15 is 0 Å². The number of hydrogen-bond acceptors (Lipinski definition) is 3. The van der Waals surface area contributed by atoms with Crippen LogP contribution in [0.5, 0.6) is 0 Å². The largest absolute Gasteiger partial charge is 0.406 e. The third-order valence-corrected chi connectivity index (χ3v) is 2.90. The summed E-state index contributed by atoms with van der Waals surface area (Å²) in [6.45, 7) is 0.909.